The summed E-state index contributed by atoms with van der Waals surface area (Å²) in [7, 11) is 0. The Morgan fingerprint density at radius 1 is 1.19 bits per heavy atom. The van der Waals surface area contributed by atoms with Crippen molar-refractivity contribution in [3.05, 3.63) is 29.8 Å². The fourth-order valence-corrected chi connectivity index (χ4v) is 2.70. The topological polar surface area (TPSA) is 75.3 Å². The van der Waals surface area contributed by atoms with Crippen LogP contribution in [0.25, 0.3) is 0 Å². The van der Waals surface area contributed by atoms with E-state index in [4.69, 9.17) is 0 Å². The maximum Gasteiger partial charge on any atom is 0.230 e. The van der Waals surface area contributed by atoms with Gasteiger partial charge >= 0.3 is 0 Å². The molecule has 2 aliphatic rings. The zero-order valence-electron chi connectivity index (χ0n) is 11.7. The normalized spacial score (nSPS) is 21.8. The minimum Gasteiger partial charge on any atom is -0.326 e. The molecule has 1 aromatic carbocycles. The Bertz CT molecular complexity index is 576. The standard InChI is InChI=1S/C16H18N2O3/c19-14-9-12(16(21)18-14)8-10-4-6-13(7-5-10)17-15(20)11-2-1-3-11/h4-7,11-12H,1-3,8-9H2,(H,17,20)(H,18,19,21). The highest BCUT2D eigenvalue weighted by Gasteiger charge is 2.30. The molecule has 3 rings (SSSR count). The van der Waals surface area contributed by atoms with Crippen LogP contribution in [0, 0.1) is 11.8 Å². The lowest BCUT2D eigenvalue weighted by atomic mass is 9.85. The number of hydrogen-bond acceptors (Lipinski definition) is 3. The molecule has 2 fully saturated rings. The summed E-state index contributed by atoms with van der Waals surface area (Å²) < 4.78 is 0. The molecule has 0 radical (unpaired) electrons. The van der Waals surface area contributed by atoms with Gasteiger partial charge in [-0.3, -0.25) is 19.7 Å². The van der Waals surface area contributed by atoms with E-state index in [0.29, 0.717) is 6.42 Å². The molecule has 21 heavy (non-hydrogen) atoms. The molecular weight excluding hydrogens is 268 g/mol. The van der Waals surface area contributed by atoms with Crippen LogP contribution in [-0.2, 0) is 20.8 Å². The third-order valence-corrected chi connectivity index (χ3v) is 4.24. The summed E-state index contributed by atoms with van der Waals surface area (Å²) in [5.41, 5.74) is 1.77. The highest BCUT2D eigenvalue weighted by molar-refractivity contribution is 6.03. The van der Waals surface area contributed by atoms with Crippen LogP contribution in [0.4, 0.5) is 5.69 Å². The van der Waals surface area contributed by atoms with Crippen molar-refractivity contribution in [2.45, 2.75) is 32.1 Å². The van der Waals surface area contributed by atoms with E-state index in [2.05, 4.69) is 10.6 Å². The predicted molar refractivity (Wildman–Crippen MR) is 77.4 cm³/mol. The van der Waals surface area contributed by atoms with E-state index >= 15 is 0 Å². The molecule has 0 spiro atoms. The van der Waals surface area contributed by atoms with E-state index in [1.54, 1.807) is 0 Å². The smallest absolute Gasteiger partial charge is 0.230 e. The van der Waals surface area contributed by atoms with Crippen molar-refractivity contribution < 1.29 is 14.4 Å². The van der Waals surface area contributed by atoms with Gasteiger partial charge in [0.25, 0.3) is 0 Å². The lowest BCUT2D eigenvalue weighted by Crippen LogP contribution is -2.28. The van der Waals surface area contributed by atoms with Crippen molar-refractivity contribution >= 4 is 23.4 Å². The minimum atomic E-state index is -0.270. The maximum absolute atomic E-state index is 11.8. The molecule has 3 amide bonds. The van der Waals surface area contributed by atoms with Gasteiger partial charge in [-0.2, -0.15) is 0 Å². The van der Waals surface area contributed by atoms with E-state index in [1.807, 2.05) is 24.3 Å². The van der Waals surface area contributed by atoms with Crippen molar-refractivity contribution in [1.29, 1.82) is 0 Å². The Hall–Kier alpha value is -2.17. The molecule has 110 valence electrons. The Morgan fingerprint density at radius 3 is 2.43 bits per heavy atom. The van der Waals surface area contributed by atoms with Crippen molar-refractivity contribution in [3.8, 4) is 0 Å². The Labute approximate surface area is 123 Å². The van der Waals surface area contributed by atoms with E-state index in [9.17, 15) is 14.4 Å². The number of nitrogens with one attached hydrogen (secondary N) is 2. The van der Waals surface area contributed by atoms with Gasteiger partial charge in [0.15, 0.2) is 0 Å². The highest BCUT2D eigenvalue weighted by atomic mass is 16.2. The molecule has 1 unspecified atom stereocenters. The van der Waals surface area contributed by atoms with Gasteiger partial charge in [-0.1, -0.05) is 18.6 Å². The van der Waals surface area contributed by atoms with Crippen LogP contribution in [-0.4, -0.2) is 17.7 Å². The largest absolute Gasteiger partial charge is 0.326 e. The Kier molecular flexibility index (Phi) is 3.73. The molecule has 1 heterocycles. The van der Waals surface area contributed by atoms with Gasteiger partial charge in [0.2, 0.25) is 17.7 Å². The van der Waals surface area contributed by atoms with Crippen LogP contribution in [0.15, 0.2) is 24.3 Å². The fourth-order valence-electron chi connectivity index (χ4n) is 2.70. The molecule has 5 nitrogen and oxygen atoms in total. The lowest BCUT2D eigenvalue weighted by Gasteiger charge is -2.24. The zero-order valence-corrected chi connectivity index (χ0v) is 11.7. The van der Waals surface area contributed by atoms with Crippen LogP contribution < -0.4 is 10.6 Å². The molecule has 1 aliphatic heterocycles. The van der Waals surface area contributed by atoms with Gasteiger partial charge in [-0.25, -0.2) is 0 Å². The number of carbonyl (C=O) groups is 3. The summed E-state index contributed by atoms with van der Waals surface area (Å²) in [5, 5.41) is 5.22. The number of benzene rings is 1. The van der Waals surface area contributed by atoms with E-state index in [0.717, 1.165) is 30.5 Å². The number of rotatable bonds is 4. The van der Waals surface area contributed by atoms with Gasteiger partial charge < -0.3 is 5.32 Å². The summed E-state index contributed by atoms with van der Waals surface area (Å²) in [5.74, 6) is -0.405. The van der Waals surface area contributed by atoms with Crippen LogP contribution in [0.3, 0.4) is 0 Å². The summed E-state index contributed by atoms with van der Waals surface area (Å²) in [6, 6.07) is 7.49. The van der Waals surface area contributed by atoms with Crippen LogP contribution in [0.1, 0.15) is 31.2 Å². The second-order valence-electron chi connectivity index (χ2n) is 5.83. The SMILES string of the molecule is O=C1CC(Cc2ccc(NC(=O)C3CCC3)cc2)C(=O)N1. The maximum atomic E-state index is 11.8. The number of carbonyl (C=O) groups excluding carboxylic acids is 3. The predicted octanol–water partition coefficient (Wildman–Crippen LogP) is 1.63. The molecule has 5 heteroatoms. The molecule has 2 N–H and O–H groups in total. The van der Waals surface area contributed by atoms with Crippen LogP contribution in [0.2, 0.25) is 0 Å². The zero-order chi connectivity index (χ0) is 14.8. The van der Waals surface area contributed by atoms with E-state index in [1.165, 1.54) is 0 Å². The molecule has 1 atom stereocenters. The van der Waals surface area contributed by atoms with Crippen molar-refractivity contribution in [3.63, 3.8) is 0 Å². The second-order valence-corrected chi connectivity index (χ2v) is 5.83. The average Bonchev–Trinajstić information content (AvgIpc) is 2.68. The molecular formula is C16H18N2O3. The van der Waals surface area contributed by atoms with E-state index < -0.39 is 0 Å². The molecule has 1 aromatic rings. The number of hydrogen-bond donors (Lipinski definition) is 2. The fraction of sp³-hybridized carbons (Fsp3) is 0.438. The first-order valence-electron chi connectivity index (χ1n) is 7.35. The molecule has 0 aromatic heterocycles. The quantitative estimate of drug-likeness (QED) is 0.826. The highest BCUT2D eigenvalue weighted by Crippen LogP contribution is 2.27. The van der Waals surface area contributed by atoms with Gasteiger partial charge in [-0.15, -0.1) is 0 Å². The monoisotopic (exact) mass is 286 g/mol. The number of amides is 3. The summed E-state index contributed by atoms with van der Waals surface area (Å²) in [4.78, 5) is 34.5. The molecule has 1 saturated carbocycles. The third-order valence-electron chi connectivity index (χ3n) is 4.24. The lowest BCUT2D eigenvalue weighted by molar-refractivity contribution is -0.126. The molecule has 0 bridgehead atoms. The van der Waals surface area contributed by atoms with Gasteiger partial charge in [0.05, 0.1) is 5.92 Å². The average molecular weight is 286 g/mol. The van der Waals surface area contributed by atoms with Crippen molar-refractivity contribution in [1.82, 2.24) is 5.32 Å². The van der Waals surface area contributed by atoms with Crippen molar-refractivity contribution in [2.75, 3.05) is 5.32 Å². The van der Waals surface area contributed by atoms with Crippen molar-refractivity contribution in [2.24, 2.45) is 11.8 Å². The van der Waals surface area contributed by atoms with Gasteiger partial charge in [0.1, 0.15) is 0 Å². The molecule has 1 saturated heterocycles. The van der Waals surface area contributed by atoms with Crippen LogP contribution >= 0.6 is 0 Å². The van der Waals surface area contributed by atoms with E-state index in [-0.39, 0.29) is 36.0 Å². The summed E-state index contributed by atoms with van der Waals surface area (Å²) >= 11 is 0. The number of imide groups is 1. The third kappa shape index (κ3) is 3.12. The first-order valence-corrected chi connectivity index (χ1v) is 7.35. The first kappa shape index (κ1) is 13.8. The Morgan fingerprint density at radius 2 is 1.90 bits per heavy atom. The summed E-state index contributed by atoms with van der Waals surface area (Å²) in [6.45, 7) is 0. The van der Waals surface area contributed by atoms with Gasteiger partial charge in [-0.05, 0) is 37.0 Å². The van der Waals surface area contributed by atoms with Gasteiger partial charge in [0, 0.05) is 18.0 Å². The first-order chi connectivity index (χ1) is 10.1. The molecule has 1 aliphatic carbocycles. The van der Waals surface area contributed by atoms with Crippen LogP contribution in [0.5, 0.6) is 0 Å². The summed E-state index contributed by atoms with van der Waals surface area (Å²) in [6.07, 6.45) is 3.91. The number of anilines is 1. The second kappa shape index (κ2) is 5.68. The minimum absolute atomic E-state index is 0.0924. The Balaban J connectivity index is 1.57.